The van der Waals surface area contributed by atoms with Gasteiger partial charge in [0.15, 0.2) is 0 Å². The lowest BCUT2D eigenvalue weighted by Gasteiger charge is -2.29. The lowest BCUT2D eigenvalue weighted by molar-refractivity contribution is -0.120. The van der Waals surface area contributed by atoms with Crippen LogP contribution in [0.4, 0.5) is 0 Å². The average molecular weight is 214 g/mol. The highest BCUT2D eigenvalue weighted by Gasteiger charge is 2.34. The summed E-state index contributed by atoms with van der Waals surface area (Å²) < 4.78 is 0. The van der Waals surface area contributed by atoms with Gasteiger partial charge in [-0.05, 0) is 31.0 Å². The van der Waals surface area contributed by atoms with Crippen LogP contribution in [0, 0.1) is 0 Å². The number of rotatable bonds is 2. The molecule has 16 heavy (non-hydrogen) atoms. The molecular formula is C14H14O2. The van der Waals surface area contributed by atoms with Crippen LogP contribution in [0.5, 0.6) is 5.75 Å². The van der Waals surface area contributed by atoms with Crippen LogP contribution in [-0.2, 0) is 10.2 Å². The number of phenolic OH excluding ortho intramolecular Hbond substituents is 1. The zero-order chi connectivity index (χ0) is 11.6. The van der Waals surface area contributed by atoms with Gasteiger partial charge in [0.2, 0.25) is 0 Å². The maximum Gasteiger partial charge on any atom is 0.144 e. The van der Waals surface area contributed by atoms with Crippen LogP contribution >= 0.6 is 0 Å². The van der Waals surface area contributed by atoms with Crippen molar-refractivity contribution < 1.29 is 9.90 Å². The number of allylic oxidation sites excluding steroid dienone is 4. The van der Waals surface area contributed by atoms with Crippen LogP contribution in [0.1, 0.15) is 18.9 Å². The van der Waals surface area contributed by atoms with E-state index < -0.39 is 5.41 Å². The van der Waals surface area contributed by atoms with E-state index in [2.05, 4.69) is 0 Å². The Bertz CT molecular complexity index is 471. The SMILES string of the molecule is CC(=O)C1(c2cccc(O)c2)C=CC=CC1. The van der Waals surface area contributed by atoms with E-state index in [9.17, 15) is 9.90 Å². The Morgan fingerprint density at radius 1 is 1.38 bits per heavy atom. The molecule has 1 aliphatic carbocycles. The van der Waals surface area contributed by atoms with Gasteiger partial charge in [-0.15, -0.1) is 0 Å². The Balaban J connectivity index is 2.52. The molecule has 0 spiro atoms. The number of carbonyl (C=O) groups excluding carboxylic acids is 1. The van der Waals surface area contributed by atoms with Gasteiger partial charge in [0.05, 0.1) is 5.41 Å². The first-order valence-corrected chi connectivity index (χ1v) is 5.30. The summed E-state index contributed by atoms with van der Waals surface area (Å²) in [6.45, 7) is 1.59. The number of carbonyl (C=O) groups is 1. The number of ketones is 1. The number of Topliss-reactive ketones (excluding diaryl/α,β-unsaturated/α-hetero) is 1. The Hall–Kier alpha value is -1.83. The summed E-state index contributed by atoms with van der Waals surface area (Å²) in [5, 5.41) is 9.49. The predicted molar refractivity (Wildman–Crippen MR) is 63.4 cm³/mol. The standard InChI is InChI=1S/C14H14O2/c1-11(15)14(8-3-2-4-9-14)12-6-5-7-13(16)10-12/h2-8,10,16H,9H2,1H3. The summed E-state index contributed by atoms with van der Waals surface area (Å²) in [4.78, 5) is 11.9. The minimum absolute atomic E-state index is 0.0960. The molecule has 0 saturated carbocycles. The van der Waals surface area contributed by atoms with E-state index in [0.29, 0.717) is 6.42 Å². The molecule has 2 nitrogen and oxygen atoms in total. The fourth-order valence-corrected chi connectivity index (χ4v) is 2.08. The van der Waals surface area contributed by atoms with Gasteiger partial charge in [-0.2, -0.15) is 0 Å². The predicted octanol–water partition coefficient (Wildman–Crippen LogP) is 2.74. The van der Waals surface area contributed by atoms with Crippen LogP contribution in [0.3, 0.4) is 0 Å². The number of hydrogen-bond acceptors (Lipinski definition) is 2. The summed E-state index contributed by atoms with van der Waals surface area (Å²) >= 11 is 0. The van der Waals surface area contributed by atoms with E-state index in [-0.39, 0.29) is 11.5 Å². The second-order valence-corrected chi connectivity index (χ2v) is 4.07. The molecule has 2 rings (SSSR count). The van der Waals surface area contributed by atoms with Gasteiger partial charge < -0.3 is 5.11 Å². The molecule has 0 radical (unpaired) electrons. The molecule has 1 aromatic rings. The minimum Gasteiger partial charge on any atom is -0.508 e. The van der Waals surface area contributed by atoms with Crippen LogP contribution in [0.2, 0.25) is 0 Å². The van der Waals surface area contributed by atoms with E-state index in [1.54, 1.807) is 25.1 Å². The fourth-order valence-electron chi connectivity index (χ4n) is 2.08. The lowest BCUT2D eigenvalue weighted by atomic mass is 9.72. The molecule has 1 N–H and O–H groups in total. The molecule has 0 amide bonds. The molecular weight excluding hydrogens is 200 g/mol. The van der Waals surface area contributed by atoms with Gasteiger partial charge in [0.1, 0.15) is 11.5 Å². The summed E-state index contributed by atoms with van der Waals surface area (Å²) in [5.74, 6) is 0.291. The van der Waals surface area contributed by atoms with Gasteiger partial charge in [-0.3, -0.25) is 4.79 Å². The summed E-state index contributed by atoms with van der Waals surface area (Å²) in [5.41, 5.74) is 0.244. The van der Waals surface area contributed by atoms with Gasteiger partial charge in [0.25, 0.3) is 0 Å². The second kappa shape index (κ2) is 3.97. The third kappa shape index (κ3) is 1.67. The van der Waals surface area contributed by atoms with Gasteiger partial charge in [-0.1, -0.05) is 36.4 Å². The molecule has 0 heterocycles. The monoisotopic (exact) mass is 214 g/mol. The number of aromatic hydroxyl groups is 1. The molecule has 1 aliphatic rings. The Morgan fingerprint density at radius 3 is 2.75 bits per heavy atom. The molecule has 82 valence electrons. The average Bonchev–Trinajstić information content (AvgIpc) is 2.30. The van der Waals surface area contributed by atoms with Crippen molar-refractivity contribution in [3.8, 4) is 5.75 Å². The number of benzene rings is 1. The Labute approximate surface area is 94.9 Å². The van der Waals surface area contributed by atoms with Crippen molar-refractivity contribution in [2.45, 2.75) is 18.8 Å². The van der Waals surface area contributed by atoms with Crippen molar-refractivity contribution in [1.29, 1.82) is 0 Å². The number of hydrogen-bond donors (Lipinski definition) is 1. The number of phenols is 1. The molecule has 0 aliphatic heterocycles. The first-order chi connectivity index (χ1) is 7.65. The molecule has 0 aromatic heterocycles. The summed E-state index contributed by atoms with van der Waals surface area (Å²) in [6.07, 6.45) is 8.36. The maximum absolute atomic E-state index is 11.9. The Kier molecular flexibility index (Phi) is 2.65. The lowest BCUT2D eigenvalue weighted by Crippen LogP contribution is -2.32. The van der Waals surface area contributed by atoms with Crippen molar-refractivity contribution in [2.24, 2.45) is 0 Å². The molecule has 0 fully saturated rings. The van der Waals surface area contributed by atoms with Gasteiger partial charge in [-0.25, -0.2) is 0 Å². The normalized spacial score (nSPS) is 23.3. The molecule has 2 heteroatoms. The van der Waals surface area contributed by atoms with E-state index in [4.69, 9.17) is 0 Å². The maximum atomic E-state index is 11.9. The smallest absolute Gasteiger partial charge is 0.144 e. The summed E-state index contributed by atoms with van der Waals surface area (Å²) in [6, 6.07) is 6.91. The van der Waals surface area contributed by atoms with Crippen molar-refractivity contribution in [2.75, 3.05) is 0 Å². The van der Waals surface area contributed by atoms with Crippen LogP contribution in [0.15, 0.2) is 48.6 Å². The van der Waals surface area contributed by atoms with E-state index in [0.717, 1.165) is 5.56 Å². The highest BCUT2D eigenvalue weighted by Crippen LogP contribution is 2.34. The van der Waals surface area contributed by atoms with Crippen molar-refractivity contribution in [1.82, 2.24) is 0 Å². The minimum atomic E-state index is -0.604. The van der Waals surface area contributed by atoms with Crippen LogP contribution in [-0.4, -0.2) is 10.9 Å². The van der Waals surface area contributed by atoms with Crippen LogP contribution in [0.25, 0.3) is 0 Å². The largest absolute Gasteiger partial charge is 0.508 e. The molecule has 1 unspecified atom stereocenters. The zero-order valence-corrected chi connectivity index (χ0v) is 9.18. The molecule has 0 bridgehead atoms. The first kappa shape index (κ1) is 10.7. The third-order valence-electron chi connectivity index (χ3n) is 3.06. The fraction of sp³-hybridized carbons (Fsp3) is 0.214. The zero-order valence-electron chi connectivity index (χ0n) is 9.18. The quantitative estimate of drug-likeness (QED) is 0.821. The van der Waals surface area contributed by atoms with Crippen molar-refractivity contribution in [3.63, 3.8) is 0 Å². The van der Waals surface area contributed by atoms with Crippen LogP contribution < -0.4 is 0 Å². The third-order valence-corrected chi connectivity index (χ3v) is 3.06. The second-order valence-electron chi connectivity index (χ2n) is 4.07. The molecule has 1 atom stereocenters. The topological polar surface area (TPSA) is 37.3 Å². The van der Waals surface area contributed by atoms with Gasteiger partial charge >= 0.3 is 0 Å². The molecule has 0 saturated heterocycles. The molecule has 1 aromatic carbocycles. The highest BCUT2D eigenvalue weighted by atomic mass is 16.3. The summed E-state index contributed by atoms with van der Waals surface area (Å²) in [7, 11) is 0. The van der Waals surface area contributed by atoms with E-state index >= 15 is 0 Å². The van der Waals surface area contributed by atoms with Gasteiger partial charge in [0, 0.05) is 0 Å². The van der Waals surface area contributed by atoms with Crippen molar-refractivity contribution in [3.05, 3.63) is 54.1 Å². The van der Waals surface area contributed by atoms with E-state index in [1.165, 1.54) is 0 Å². The van der Waals surface area contributed by atoms with E-state index in [1.807, 2.05) is 30.4 Å². The first-order valence-electron chi connectivity index (χ1n) is 5.30. The Morgan fingerprint density at radius 2 is 2.19 bits per heavy atom. The van der Waals surface area contributed by atoms with Crippen molar-refractivity contribution >= 4 is 5.78 Å². The highest BCUT2D eigenvalue weighted by molar-refractivity contribution is 5.91.